The predicted molar refractivity (Wildman–Crippen MR) is 73.7 cm³/mol. The summed E-state index contributed by atoms with van der Waals surface area (Å²) >= 11 is 0. The summed E-state index contributed by atoms with van der Waals surface area (Å²) in [5.74, 6) is 0.474. The molecule has 0 aliphatic heterocycles. The Morgan fingerprint density at radius 1 is 1.52 bits per heavy atom. The predicted octanol–water partition coefficient (Wildman–Crippen LogP) is 1.45. The van der Waals surface area contributed by atoms with Crippen molar-refractivity contribution in [2.75, 3.05) is 20.3 Å². The zero-order chi connectivity index (χ0) is 15.3. The number of hydrogen-bond acceptors (Lipinski definition) is 6. The monoisotopic (exact) mass is 294 g/mol. The number of carbonyl (C=O) groups is 1. The number of carbonyl (C=O) groups excluding carboxylic acids is 1. The molecule has 0 spiro atoms. The van der Waals surface area contributed by atoms with Crippen LogP contribution in [0.5, 0.6) is 0 Å². The molecule has 2 rings (SSSR count). The lowest BCUT2D eigenvalue weighted by molar-refractivity contribution is 0.0718. The molecule has 0 aliphatic carbocycles. The second kappa shape index (κ2) is 6.55. The van der Waals surface area contributed by atoms with Crippen LogP contribution in [-0.2, 0) is 4.74 Å². The summed E-state index contributed by atoms with van der Waals surface area (Å²) in [5, 5.41) is 15.6. The smallest absolute Gasteiger partial charge is 0.273 e. The Hall–Kier alpha value is -2.12. The van der Waals surface area contributed by atoms with Gasteiger partial charge < -0.3 is 24.1 Å². The molecule has 2 heterocycles. The summed E-state index contributed by atoms with van der Waals surface area (Å²) in [4.78, 5) is 12.2. The second-order valence-electron chi connectivity index (χ2n) is 4.98. The van der Waals surface area contributed by atoms with Gasteiger partial charge in [-0.15, -0.1) is 0 Å². The van der Waals surface area contributed by atoms with Gasteiger partial charge in [-0.25, -0.2) is 0 Å². The molecule has 1 atom stereocenters. The van der Waals surface area contributed by atoms with E-state index in [2.05, 4.69) is 10.5 Å². The van der Waals surface area contributed by atoms with Gasteiger partial charge in [0.1, 0.15) is 0 Å². The fourth-order valence-corrected chi connectivity index (χ4v) is 1.99. The molecule has 21 heavy (non-hydrogen) atoms. The Morgan fingerprint density at radius 3 is 2.95 bits per heavy atom. The van der Waals surface area contributed by atoms with Gasteiger partial charge in [-0.3, -0.25) is 4.79 Å². The van der Waals surface area contributed by atoms with E-state index in [1.165, 1.54) is 19.4 Å². The van der Waals surface area contributed by atoms with Gasteiger partial charge in [0.2, 0.25) is 5.76 Å². The topological polar surface area (TPSA) is 97.7 Å². The first-order chi connectivity index (χ1) is 10.1. The number of aliphatic hydroxyl groups excluding tert-OH is 1. The Kier molecular flexibility index (Phi) is 4.77. The van der Waals surface area contributed by atoms with Crippen molar-refractivity contribution >= 4 is 5.91 Å². The van der Waals surface area contributed by atoms with Crippen LogP contribution in [0.1, 0.15) is 23.8 Å². The van der Waals surface area contributed by atoms with Crippen molar-refractivity contribution in [1.82, 2.24) is 10.5 Å². The summed E-state index contributed by atoms with van der Waals surface area (Å²) in [6, 6.07) is 4.93. The molecule has 2 N–H and O–H groups in total. The summed E-state index contributed by atoms with van der Waals surface area (Å²) < 4.78 is 15.3. The van der Waals surface area contributed by atoms with Crippen molar-refractivity contribution in [1.29, 1.82) is 0 Å². The van der Waals surface area contributed by atoms with Gasteiger partial charge >= 0.3 is 0 Å². The molecule has 7 heteroatoms. The second-order valence-corrected chi connectivity index (χ2v) is 4.98. The van der Waals surface area contributed by atoms with Gasteiger partial charge in [-0.05, 0) is 25.5 Å². The molecule has 1 unspecified atom stereocenters. The number of nitrogens with zero attached hydrogens (tertiary/aromatic N) is 1. The van der Waals surface area contributed by atoms with E-state index in [1.807, 2.05) is 0 Å². The average Bonchev–Trinajstić information content (AvgIpc) is 3.10. The van der Waals surface area contributed by atoms with Crippen LogP contribution in [0.25, 0.3) is 11.5 Å². The van der Waals surface area contributed by atoms with Crippen molar-refractivity contribution in [2.45, 2.75) is 18.9 Å². The molecular weight excluding hydrogens is 276 g/mol. The van der Waals surface area contributed by atoms with E-state index >= 15 is 0 Å². The maximum Gasteiger partial charge on any atom is 0.273 e. The van der Waals surface area contributed by atoms with E-state index in [9.17, 15) is 4.79 Å². The lowest BCUT2D eigenvalue weighted by Gasteiger charge is -2.28. The SMILES string of the molecule is COCC(C)(CCO)NC(=O)c1cc(-c2ccco2)on1. The van der Waals surface area contributed by atoms with Crippen molar-refractivity contribution in [3.05, 3.63) is 30.2 Å². The number of aromatic nitrogens is 1. The van der Waals surface area contributed by atoms with Gasteiger partial charge in [0.15, 0.2) is 11.5 Å². The third kappa shape index (κ3) is 3.71. The molecule has 0 fully saturated rings. The minimum atomic E-state index is -0.676. The molecule has 0 radical (unpaired) electrons. The standard InChI is InChI=1S/C14H18N2O5/c1-14(5-6-17,9-19-2)15-13(18)10-8-12(21-16-10)11-4-3-7-20-11/h3-4,7-8,17H,5-6,9H2,1-2H3,(H,15,18). The van der Waals surface area contributed by atoms with E-state index in [1.54, 1.807) is 19.1 Å². The molecule has 0 aliphatic rings. The normalized spacial score (nSPS) is 13.9. The van der Waals surface area contributed by atoms with Crippen molar-refractivity contribution in [3.8, 4) is 11.5 Å². The van der Waals surface area contributed by atoms with Crippen LogP contribution in [0.4, 0.5) is 0 Å². The molecular formula is C14H18N2O5. The molecule has 0 aromatic carbocycles. The number of methoxy groups -OCH3 is 1. The highest BCUT2D eigenvalue weighted by Gasteiger charge is 2.28. The third-order valence-electron chi connectivity index (χ3n) is 3.05. The minimum absolute atomic E-state index is 0.0589. The zero-order valence-electron chi connectivity index (χ0n) is 12.0. The number of amides is 1. The molecule has 2 aromatic rings. The van der Waals surface area contributed by atoms with E-state index < -0.39 is 11.4 Å². The van der Waals surface area contributed by atoms with E-state index in [-0.39, 0.29) is 18.9 Å². The molecule has 114 valence electrons. The summed E-state index contributed by atoms with van der Waals surface area (Å²) in [7, 11) is 1.53. The van der Waals surface area contributed by atoms with Crippen molar-refractivity contribution < 1.29 is 23.6 Å². The Labute approximate surface area is 121 Å². The van der Waals surface area contributed by atoms with Gasteiger partial charge in [0.05, 0.1) is 18.4 Å². The van der Waals surface area contributed by atoms with Gasteiger partial charge in [0, 0.05) is 19.8 Å². The Balaban J connectivity index is 2.09. The molecule has 2 aromatic heterocycles. The van der Waals surface area contributed by atoms with Crippen LogP contribution in [0.15, 0.2) is 33.4 Å². The van der Waals surface area contributed by atoms with E-state index in [0.717, 1.165) is 0 Å². The highest BCUT2D eigenvalue weighted by atomic mass is 16.5. The fourth-order valence-electron chi connectivity index (χ4n) is 1.99. The summed E-state index contributed by atoms with van der Waals surface area (Å²) in [5.41, 5.74) is -0.536. The lowest BCUT2D eigenvalue weighted by atomic mass is 9.99. The van der Waals surface area contributed by atoms with Crippen LogP contribution in [-0.4, -0.2) is 42.0 Å². The number of furan rings is 1. The van der Waals surface area contributed by atoms with Crippen molar-refractivity contribution in [3.63, 3.8) is 0 Å². The van der Waals surface area contributed by atoms with Crippen molar-refractivity contribution in [2.24, 2.45) is 0 Å². The summed E-state index contributed by atoms with van der Waals surface area (Å²) in [6.07, 6.45) is 1.88. The van der Waals surface area contributed by atoms with Gasteiger partial charge in [-0.1, -0.05) is 5.16 Å². The highest BCUT2D eigenvalue weighted by Crippen LogP contribution is 2.21. The first-order valence-electron chi connectivity index (χ1n) is 6.51. The van der Waals surface area contributed by atoms with E-state index in [4.69, 9.17) is 18.8 Å². The molecule has 0 saturated carbocycles. The molecule has 0 bridgehead atoms. The maximum atomic E-state index is 12.2. The van der Waals surface area contributed by atoms with Crippen LogP contribution in [0.3, 0.4) is 0 Å². The molecule has 7 nitrogen and oxygen atoms in total. The Morgan fingerprint density at radius 2 is 2.33 bits per heavy atom. The van der Waals surface area contributed by atoms with Gasteiger partial charge in [-0.2, -0.15) is 0 Å². The number of nitrogens with one attached hydrogen (secondary N) is 1. The van der Waals surface area contributed by atoms with E-state index in [0.29, 0.717) is 17.9 Å². The first-order valence-corrected chi connectivity index (χ1v) is 6.51. The molecule has 1 amide bonds. The largest absolute Gasteiger partial charge is 0.461 e. The maximum absolute atomic E-state index is 12.2. The van der Waals surface area contributed by atoms with Crippen LogP contribution in [0.2, 0.25) is 0 Å². The average molecular weight is 294 g/mol. The highest BCUT2D eigenvalue weighted by molar-refractivity contribution is 5.93. The number of ether oxygens (including phenoxy) is 1. The number of hydrogen-bond donors (Lipinski definition) is 2. The number of aliphatic hydroxyl groups is 1. The van der Waals surface area contributed by atoms with Crippen LogP contribution < -0.4 is 5.32 Å². The fraction of sp³-hybridized carbons (Fsp3) is 0.429. The quantitative estimate of drug-likeness (QED) is 0.802. The molecule has 0 saturated heterocycles. The van der Waals surface area contributed by atoms with Crippen LogP contribution >= 0.6 is 0 Å². The van der Waals surface area contributed by atoms with Gasteiger partial charge in [0.25, 0.3) is 5.91 Å². The first kappa shape index (κ1) is 15.3. The summed E-state index contributed by atoms with van der Waals surface area (Å²) in [6.45, 7) is 2.01. The lowest BCUT2D eigenvalue weighted by Crippen LogP contribution is -2.50. The van der Waals surface area contributed by atoms with Crippen LogP contribution in [0, 0.1) is 0 Å². The third-order valence-corrected chi connectivity index (χ3v) is 3.05. The number of rotatable bonds is 7. The zero-order valence-corrected chi connectivity index (χ0v) is 12.0. The Bertz CT molecular complexity index is 570. The minimum Gasteiger partial charge on any atom is -0.461 e.